The van der Waals surface area contributed by atoms with Crippen molar-refractivity contribution in [1.82, 2.24) is 10.2 Å². The Labute approximate surface area is 150 Å². The number of carbonyl (C=O) groups excluding carboxylic acids is 2. The molecule has 1 unspecified atom stereocenters. The van der Waals surface area contributed by atoms with Crippen LogP contribution in [0, 0.1) is 6.92 Å². The van der Waals surface area contributed by atoms with Gasteiger partial charge >= 0.3 is 6.03 Å². The van der Waals surface area contributed by atoms with Gasteiger partial charge in [0.2, 0.25) is 0 Å². The quantitative estimate of drug-likeness (QED) is 0.828. The molecule has 3 amide bonds. The lowest BCUT2D eigenvalue weighted by molar-refractivity contribution is -0.131. The van der Waals surface area contributed by atoms with E-state index in [9.17, 15) is 9.59 Å². The zero-order valence-electron chi connectivity index (χ0n) is 13.3. The van der Waals surface area contributed by atoms with Crippen molar-refractivity contribution < 1.29 is 9.59 Å². The number of hydrogen-bond acceptors (Lipinski definition) is 2. The molecule has 1 fully saturated rings. The maximum atomic E-state index is 12.9. The number of rotatable bonds is 3. The third-order valence-electron chi connectivity index (χ3n) is 4.17. The van der Waals surface area contributed by atoms with Crippen LogP contribution in [0.2, 0.25) is 10.0 Å². The van der Waals surface area contributed by atoms with Crippen LogP contribution in [0.25, 0.3) is 0 Å². The fraction of sp³-hybridized carbons (Fsp3) is 0.222. The van der Waals surface area contributed by atoms with E-state index in [0.717, 1.165) is 11.1 Å². The Bertz CT molecular complexity index is 838. The van der Waals surface area contributed by atoms with Gasteiger partial charge in [0.1, 0.15) is 5.54 Å². The molecule has 124 valence electrons. The van der Waals surface area contributed by atoms with Crippen molar-refractivity contribution in [3.05, 3.63) is 69.2 Å². The van der Waals surface area contributed by atoms with Crippen LogP contribution >= 0.6 is 23.2 Å². The number of imide groups is 1. The summed E-state index contributed by atoms with van der Waals surface area (Å²) < 4.78 is 0. The number of nitrogens with zero attached hydrogens (tertiary/aromatic N) is 1. The van der Waals surface area contributed by atoms with Crippen LogP contribution in [0.1, 0.15) is 23.6 Å². The first-order valence-electron chi connectivity index (χ1n) is 7.46. The van der Waals surface area contributed by atoms with Crippen molar-refractivity contribution in [3.63, 3.8) is 0 Å². The van der Waals surface area contributed by atoms with Gasteiger partial charge < -0.3 is 5.32 Å². The normalized spacial score (nSPS) is 20.4. The Hall–Kier alpha value is -2.04. The Balaban J connectivity index is 1.93. The highest BCUT2D eigenvalue weighted by molar-refractivity contribution is 6.35. The molecular weight excluding hydrogens is 347 g/mol. The molecule has 4 nitrogen and oxygen atoms in total. The Kier molecular flexibility index (Phi) is 4.28. The molecule has 0 spiro atoms. The van der Waals surface area contributed by atoms with Crippen molar-refractivity contribution in [2.24, 2.45) is 0 Å². The molecule has 0 bridgehead atoms. The molecule has 0 aromatic heterocycles. The molecule has 0 saturated carbocycles. The van der Waals surface area contributed by atoms with Gasteiger partial charge in [0, 0.05) is 15.6 Å². The first-order chi connectivity index (χ1) is 11.3. The van der Waals surface area contributed by atoms with Gasteiger partial charge in [0.25, 0.3) is 5.91 Å². The van der Waals surface area contributed by atoms with Crippen molar-refractivity contribution >= 4 is 35.1 Å². The van der Waals surface area contributed by atoms with Gasteiger partial charge in [-0.3, -0.25) is 9.69 Å². The summed E-state index contributed by atoms with van der Waals surface area (Å²) in [5.74, 6) is -0.335. The van der Waals surface area contributed by atoms with Crippen molar-refractivity contribution in [3.8, 4) is 0 Å². The highest BCUT2D eigenvalue weighted by Gasteiger charge is 2.49. The second kappa shape index (κ2) is 6.11. The number of nitrogens with one attached hydrogen (secondary N) is 1. The van der Waals surface area contributed by atoms with Gasteiger partial charge in [-0.2, -0.15) is 0 Å². The molecule has 0 aliphatic carbocycles. The van der Waals surface area contributed by atoms with Crippen molar-refractivity contribution in [2.75, 3.05) is 0 Å². The molecule has 1 aliphatic rings. The van der Waals surface area contributed by atoms with E-state index < -0.39 is 11.6 Å². The maximum absolute atomic E-state index is 12.9. The van der Waals surface area contributed by atoms with E-state index in [1.807, 2.05) is 31.2 Å². The molecule has 2 aromatic carbocycles. The first-order valence-corrected chi connectivity index (χ1v) is 8.22. The first kappa shape index (κ1) is 16.8. The number of halogens is 2. The summed E-state index contributed by atoms with van der Waals surface area (Å²) in [5, 5.41) is 3.57. The predicted octanol–water partition coefficient (Wildman–Crippen LogP) is 4.27. The minimum Gasteiger partial charge on any atom is -0.319 e. The van der Waals surface area contributed by atoms with Crippen LogP contribution in [0.5, 0.6) is 0 Å². The van der Waals surface area contributed by atoms with Gasteiger partial charge in [-0.05, 0) is 31.5 Å². The van der Waals surface area contributed by atoms with E-state index in [4.69, 9.17) is 23.2 Å². The molecule has 3 rings (SSSR count). The summed E-state index contributed by atoms with van der Waals surface area (Å²) in [4.78, 5) is 26.5. The second-order valence-electron chi connectivity index (χ2n) is 6.06. The maximum Gasteiger partial charge on any atom is 0.325 e. The van der Waals surface area contributed by atoms with Crippen LogP contribution < -0.4 is 5.32 Å². The molecular formula is C18H16Cl2N2O2. The van der Waals surface area contributed by atoms with Crippen LogP contribution in [-0.4, -0.2) is 16.8 Å². The summed E-state index contributed by atoms with van der Waals surface area (Å²) in [6.45, 7) is 3.83. The van der Waals surface area contributed by atoms with Crippen LogP contribution in [0.15, 0.2) is 42.5 Å². The number of aryl methyl sites for hydroxylation is 1. The molecule has 1 saturated heterocycles. The summed E-state index contributed by atoms with van der Waals surface area (Å²) in [6.07, 6.45) is 0. The van der Waals surface area contributed by atoms with Gasteiger partial charge in [-0.15, -0.1) is 0 Å². The van der Waals surface area contributed by atoms with Crippen molar-refractivity contribution in [2.45, 2.75) is 25.9 Å². The monoisotopic (exact) mass is 362 g/mol. The number of benzene rings is 2. The molecule has 1 atom stereocenters. The summed E-state index contributed by atoms with van der Waals surface area (Å²) in [7, 11) is 0. The van der Waals surface area contributed by atoms with E-state index >= 15 is 0 Å². The van der Waals surface area contributed by atoms with Crippen LogP contribution in [0.4, 0.5) is 4.79 Å². The summed E-state index contributed by atoms with van der Waals surface area (Å²) in [6, 6.07) is 12.1. The third kappa shape index (κ3) is 2.87. The molecule has 1 heterocycles. The van der Waals surface area contributed by atoms with E-state index in [-0.39, 0.29) is 12.5 Å². The Morgan fingerprint density at radius 2 is 1.88 bits per heavy atom. The van der Waals surface area contributed by atoms with Crippen molar-refractivity contribution in [1.29, 1.82) is 0 Å². The lowest BCUT2D eigenvalue weighted by atomic mass is 9.92. The Morgan fingerprint density at radius 1 is 1.12 bits per heavy atom. The van der Waals surface area contributed by atoms with Crippen LogP contribution in [0.3, 0.4) is 0 Å². The molecule has 2 aromatic rings. The zero-order valence-corrected chi connectivity index (χ0v) is 14.8. The summed E-state index contributed by atoms with van der Waals surface area (Å²) >= 11 is 12.2. The zero-order chi connectivity index (χ0) is 17.5. The second-order valence-corrected chi connectivity index (χ2v) is 6.90. The standard InChI is InChI=1S/C18H16Cl2N2O2/c1-11-4-3-5-12(8-11)10-22-16(23)18(2,21-17(22)24)14-7-6-13(19)9-15(14)20/h3-9H,10H2,1-2H3,(H,21,24). The number of hydrogen-bond donors (Lipinski definition) is 1. The molecule has 6 heteroatoms. The van der Waals surface area contributed by atoms with Gasteiger partial charge in [-0.1, -0.05) is 59.1 Å². The average Bonchev–Trinajstić information content (AvgIpc) is 2.71. The predicted molar refractivity (Wildman–Crippen MR) is 94.1 cm³/mol. The molecule has 1 N–H and O–H groups in total. The van der Waals surface area contributed by atoms with E-state index in [1.165, 1.54) is 4.90 Å². The highest BCUT2D eigenvalue weighted by Crippen LogP contribution is 2.35. The third-order valence-corrected chi connectivity index (χ3v) is 4.72. The largest absolute Gasteiger partial charge is 0.325 e. The smallest absolute Gasteiger partial charge is 0.319 e. The SMILES string of the molecule is Cc1cccc(CN2C(=O)NC(C)(c3ccc(Cl)cc3Cl)C2=O)c1. The number of urea groups is 1. The van der Waals surface area contributed by atoms with Gasteiger partial charge in [0.15, 0.2) is 0 Å². The number of amides is 3. The summed E-state index contributed by atoms with van der Waals surface area (Å²) in [5.41, 5.74) is 1.29. The topological polar surface area (TPSA) is 49.4 Å². The Morgan fingerprint density at radius 3 is 2.54 bits per heavy atom. The number of carbonyl (C=O) groups is 2. The van der Waals surface area contributed by atoms with Gasteiger partial charge in [0.05, 0.1) is 6.54 Å². The molecule has 24 heavy (non-hydrogen) atoms. The minimum atomic E-state index is -1.21. The lowest BCUT2D eigenvalue weighted by Crippen LogP contribution is -2.41. The lowest BCUT2D eigenvalue weighted by Gasteiger charge is -2.23. The van der Waals surface area contributed by atoms with E-state index in [1.54, 1.807) is 25.1 Å². The van der Waals surface area contributed by atoms with E-state index in [0.29, 0.717) is 15.6 Å². The van der Waals surface area contributed by atoms with Gasteiger partial charge in [-0.25, -0.2) is 4.79 Å². The molecule has 0 radical (unpaired) electrons. The average molecular weight is 363 g/mol. The van der Waals surface area contributed by atoms with E-state index in [2.05, 4.69) is 5.32 Å². The fourth-order valence-corrected chi connectivity index (χ4v) is 3.51. The minimum absolute atomic E-state index is 0.215. The highest BCUT2D eigenvalue weighted by atomic mass is 35.5. The fourth-order valence-electron chi connectivity index (χ4n) is 2.91. The molecule has 1 aliphatic heterocycles. The van der Waals surface area contributed by atoms with Crippen LogP contribution in [-0.2, 0) is 16.9 Å².